The topological polar surface area (TPSA) is 47.4 Å². The van der Waals surface area contributed by atoms with Crippen LogP contribution in [0.4, 0.5) is 0 Å². The maximum Gasteiger partial charge on any atom is 0.272 e. The van der Waals surface area contributed by atoms with Crippen molar-refractivity contribution in [2.45, 2.75) is 57.9 Å². The predicted octanol–water partition coefficient (Wildman–Crippen LogP) is 2.96. The Bertz CT molecular complexity index is 496. The molecule has 124 valence electrons. The second-order valence-electron chi connectivity index (χ2n) is 6.52. The molecule has 0 aromatic carbocycles. The van der Waals surface area contributed by atoms with E-state index in [-0.39, 0.29) is 5.91 Å². The van der Waals surface area contributed by atoms with Crippen molar-refractivity contribution < 1.29 is 9.53 Å². The molecule has 22 heavy (non-hydrogen) atoms. The van der Waals surface area contributed by atoms with Crippen LogP contribution in [0, 0.1) is 0 Å². The minimum Gasteiger partial charge on any atom is -0.385 e. The number of hydrogen-bond acceptors (Lipinski definition) is 3. The summed E-state index contributed by atoms with van der Waals surface area (Å²) in [5.41, 5.74) is 1.70. The minimum atomic E-state index is 0.129. The van der Waals surface area contributed by atoms with Crippen molar-refractivity contribution in [3.63, 3.8) is 0 Å². The Labute approximate surface area is 133 Å². The summed E-state index contributed by atoms with van der Waals surface area (Å²) < 4.78 is 6.88. The second-order valence-corrected chi connectivity index (χ2v) is 6.52. The van der Waals surface area contributed by atoms with E-state index in [1.165, 1.54) is 6.42 Å². The van der Waals surface area contributed by atoms with Gasteiger partial charge in [0.15, 0.2) is 0 Å². The van der Waals surface area contributed by atoms with Crippen LogP contribution in [-0.4, -0.2) is 46.9 Å². The fourth-order valence-corrected chi connectivity index (χ4v) is 3.15. The summed E-state index contributed by atoms with van der Waals surface area (Å²) in [7, 11) is 3.59. The van der Waals surface area contributed by atoms with Crippen molar-refractivity contribution in [2.24, 2.45) is 7.05 Å². The molecule has 1 fully saturated rings. The van der Waals surface area contributed by atoms with E-state index >= 15 is 0 Å². The zero-order chi connectivity index (χ0) is 16.1. The van der Waals surface area contributed by atoms with Crippen molar-refractivity contribution in [2.75, 3.05) is 20.3 Å². The first kappa shape index (κ1) is 17.0. The van der Waals surface area contributed by atoms with Crippen molar-refractivity contribution in [3.8, 4) is 0 Å². The van der Waals surface area contributed by atoms with Gasteiger partial charge in [0.05, 0.1) is 5.69 Å². The fraction of sp³-hybridized carbons (Fsp3) is 0.765. The van der Waals surface area contributed by atoms with Gasteiger partial charge in [0.1, 0.15) is 5.69 Å². The molecule has 1 saturated heterocycles. The molecule has 1 aromatic heterocycles. The highest BCUT2D eigenvalue weighted by Gasteiger charge is 2.29. The third kappa shape index (κ3) is 3.88. The van der Waals surface area contributed by atoms with E-state index in [9.17, 15) is 4.79 Å². The molecule has 0 spiro atoms. The van der Waals surface area contributed by atoms with Gasteiger partial charge in [-0.25, -0.2) is 0 Å². The second kappa shape index (κ2) is 7.77. The lowest BCUT2D eigenvalue weighted by Gasteiger charge is -2.35. The standard InChI is InChI=1S/C17H29N3O2/c1-13(2)15-12-16(19(3)18-15)17(21)20-10-6-5-8-14(20)9-7-11-22-4/h12-14H,5-11H2,1-4H3. The van der Waals surface area contributed by atoms with Gasteiger partial charge in [-0.05, 0) is 44.1 Å². The quantitative estimate of drug-likeness (QED) is 0.759. The lowest BCUT2D eigenvalue weighted by Crippen LogP contribution is -2.44. The SMILES string of the molecule is COCCCC1CCCCN1C(=O)c1cc(C(C)C)nn1C. The molecule has 0 aliphatic carbocycles. The van der Waals surface area contributed by atoms with Gasteiger partial charge in [0, 0.05) is 33.4 Å². The van der Waals surface area contributed by atoms with Crippen LogP contribution in [0.2, 0.25) is 0 Å². The smallest absolute Gasteiger partial charge is 0.272 e. The molecule has 1 atom stereocenters. The van der Waals surface area contributed by atoms with E-state index < -0.39 is 0 Å². The number of nitrogens with zero attached hydrogens (tertiary/aromatic N) is 3. The highest BCUT2D eigenvalue weighted by atomic mass is 16.5. The van der Waals surface area contributed by atoms with Gasteiger partial charge in [-0.2, -0.15) is 5.10 Å². The van der Waals surface area contributed by atoms with Gasteiger partial charge >= 0.3 is 0 Å². The molecule has 0 N–H and O–H groups in total. The van der Waals surface area contributed by atoms with Crippen LogP contribution in [0.25, 0.3) is 0 Å². The zero-order valence-electron chi connectivity index (χ0n) is 14.3. The first-order chi connectivity index (χ1) is 10.5. The lowest BCUT2D eigenvalue weighted by atomic mass is 9.97. The molecule has 1 aromatic rings. The van der Waals surface area contributed by atoms with Gasteiger partial charge in [-0.1, -0.05) is 13.8 Å². The number of ether oxygens (including phenoxy) is 1. The molecular formula is C17H29N3O2. The molecule has 1 aliphatic rings. The van der Waals surface area contributed by atoms with E-state index in [0.717, 1.165) is 44.5 Å². The van der Waals surface area contributed by atoms with Crippen LogP contribution in [0.15, 0.2) is 6.07 Å². The Morgan fingerprint density at radius 3 is 2.86 bits per heavy atom. The van der Waals surface area contributed by atoms with Crippen molar-refractivity contribution >= 4 is 5.91 Å². The highest BCUT2D eigenvalue weighted by Crippen LogP contribution is 2.24. The third-order valence-electron chi connectivity index (χ3n) is 4.48. The molecule has 1 aliphatic heterocycles. The third-order valence-corrected chi connectivity index (χ3v) is 4.48. The van der Waals surface area contributed by atoms with Gasteiger partial charge in [-0.3, -0.25) is 9.48 Å². The number of carbonyl (C=O) groups is 1. The van der Waals surface area contributed by atoms with E-state index in [2.05, 4.69) is 23.8 Å². The van der Waals surface area contributed by atoms with Gasteiger partial charge in [0.2, 0.25) is 0 Å². The van der Waals surface area contributed by atoms with Crippen LogP contribution >= 0.6 is 0 Å². The highest BCUT2D eigenvalue weighted by molar-refractivity contribution is 5.93. The van der Waals surface area contributed by atoms with Crippen LogP contribution in [-0.2, 0) is 11.8 Å². The van der Waals surface area contributed by atoms with Crippen LogP contribution in [0.5, 0.6) is 0 Å². The summed E-state index contributed by atoms with van der Waals surface area (Å²) in [6.07, 6.45) is 5.44. The summed E-state index contributed by atoms with van der Waals surface area (Å²) in [5.74, 6) is 0.468. The number of carbonyl (C=O) groups excluding carboxylic acids is 1. The zero-order valence-corrected chi connectivity index (χ0v) is 14.3. The fourth-order valence-electron chi connectivity index (χ4n) is 3.15. The molecular weight excluding hydrogens is 278 g/mol. The lowest BCUT2D eigenvalue weighted by molar-refractivity contribution is 0.0574. The number of likely N-dealkylation sites (tertiary alicyclic amines) is 1. The van der Waals surface area contributed by atoms with Crippen LogP contribution in [0.3, 0.4) is 0 Å². The Balaban J connectivity index is 2.11. The number of aromatic nitrogens is 2. The summed E-state index contributed by atoms with van der Waals surface area (Å²) in [6, 6.07) is 2.29. The average Bonchev–Trinajstić information content (AvgIpc) is 2.89. The van der Waals surface area contributed by atoms with Gasteiger partial charge in [0.25, 0.3) is 5.91 Å². The van der Waals surface area contributed by atoms with Crippen molar-refractivity contribution in [1.82, 2.24) is 14.7 Å². The number of hydrogen-bond donors (Lipinski definition) is 0. The van der Waals surface area contributed by atoms with Gasteiger partial charge < -0.3 is 9.64 Å². The Morgan fingerprint density at radius 2 is 2.23 bits per heavy atom. The largest absolute Gasteiger partial charge is 0.385 e. The van der Waals surface area contributed by atoms with E-state index in [4.69, 9.17) is 4.74 Å². The Hall–Kier alpha value is -1.36. The molecule has 2 rings (SSSR count). The molecule has 1 unspecified atom stereocenters. The van der Waals surface area contributed by atoms with E-state index in [1.54, 1.807) is 11.8 Å². The van der Waals surface area contributed by atoms with Crippen molar-refractivity contribution in [3.05, 3.63) is 17.5 Å². The Kier molecular flexibility index (Phi) is 6.00. The molecule has 0 radical (unpaired) electrons. The first-order valence-corrected chi connectivity index (χ1v) is 8.38. The molecule has 0 bridgehead atoms. The first-order valence-electron chi connectivity index (χ1n) is 8.38. The summed E-state index contributed by atoms with van der Waals surface area (Å²) >= 11 is 0. The maximum atomic E-state index is 12.9. The van der Waals surface area contributed by atoms with E-state index in [1.807, 2.05) is 13.1 Å². The number of amides is 1. The van der Waals surface area contributed by atoms with Crippen LogP contribution in [0.1, 0.15) is 68.1 Å². The molecule has 2 heterocycles. The number of methoxy groups -OCH3 is 1. The number of aryl methyl sites for hydroxylation is 1. The minimum absolute atomic E-state index is 0.129. The molecule has 5 nitrogen and oxygen atoms in total. The van der Waals surface area contributed by atoms with E-state index in [0.29, 0.717) is 17.7 Å². The molecule has 1 amide bonds. The normalized spacial score (nSPS) is 19.0. The van der Waals surface area contributed by atoms with Gasteiger partial charge in [-0.15, -0.1) is 0 Å². The average molecular weight is 307 g/mol. The Morgan fingerprint density at radius 1 is 1.45 bits per heavy atom. The number of rotatable bonds is 6. The van der Waals surface area contributed by atoms with Crippen LogP contribution < -0.4 is 0 Å². The number of piperidine rings is 1. The summed E-state index contributed by atoms with van der Waals surface area (Å²) in [6.45, 7) is 5.83. The van der Waals surface area contributed by atoms with Crippen molar-refractivity contribution in [1.29, 1.82) is 0 Å². The molecule has 0 saturated carbocycles. The molecule has 5 heteroatoms. The summed E-state index contributed by atoms with van der Waals surface area (Å²) in [5, 5.41) is 4.48. The summed E-state index contributed by atoms with van der Waals surface area (Å²) in [4.78, 5) is 15.0. The maximum absolute atomic E-state index is 12.9. The monoisotopic (exact) mass is 307 g/mol. The predicted molar refractivity (Wildman–Crippen MR) is 87.1 cm³/mol.